The van der Waals surface area contributed by atoms with Crippen LogP contribution < -0.4 is 4.74 Å². The Balaban J connectivity index is 1.90. The van der Waals surface area contributed by atoms with E-state index in [0.29, 0.717) is 17.3 Å². The van der Waals surface area contributed by atoms with E-state index in [0.717, 1.165) is 24.5 Å². The Morgan fingerprint density at radius 3 is 3.05 bits per heavy atom. The van der Waals surface area contributed by atoms with E-state index in [-0.39, 0.29) is 5.92 Å². The fraction of sp³-hybridized carbons (Fsp3) is 0.467. The predicted octanol–water partition coefficient (Wildman–Crippen LogP) is 3.32. The summed E-state index contributed by atoms with van der Waals surface area (Å²) in [5, 5.41) is 7.36. The number of nitrogens with zero attached hydrogens (tertiary/aromatic N) is 2. The highest BCUT2D eigenvalue weighted by atomic mass is 32.1. The summed E-state index contributed by atoms with van der Waals surface area (Å²) in [6.45, 7) is 5.92. The highest BCUT2D eigenvalue weighted by Crippen LogP contribution is 2.31. The highest BCUT2D eigenvalue weighted by Gasteiger charge is 2.25. The molecular weight excluding hydrogens is 270 g/mol. The standard InChI is InChI=1S/C15H19N3OS/c1-10(2)8-18-14(16-17-15(18)20)12-7-11-5-3-4-6-13(11)19-9-12/h3-6,10,12H,7-9H2,1-2H3,(H,17,20). The SMILES string of the molecule is CC(C)Cn1c(C2COc3ccccc3C2)n[nH]c1=S. The zero-order valence-corrected chi connectivity index (χ0v) is 12.6. The molecule has 0 fully saturated rings. The van der Waals surface area contributed by atoms with Crippen molar-refractivity contribution in [3.05, 3.63) is 40.4 Å². The predicted molar refractivity (Wildman–Crippen MR) is 80.6 cm³/mol. The van der Waals surface area contributed by atoms with Gasteiger partial charge >= 0.3 is 0 Å². The number of rotatable bonds is 3. The first-order valence-electron chi connectivity index (χ1n) is 7.01. The van der Waals surface area contributed by atoms with Crippen molar-refractivity contribution in [2.24, 2.45) is 5.92 Å². The molecule has 0 saturated heterocycles. The molecule has 4 nitrogen and oxygen atoms in total. The molecule has 1 aromatic carbocycles. The monoisotopic (exact) mass is 289 g/mol. The maximum absolute atomic E-state index is 5.86. The molecule has 0 saturated carbocycles. The molecule has 0 radical (unpaired) electrons. The Morgan fingerprint density at radius 1 is 1.45 bits per heavy atom. The molecule has 1 aliphatic heterocycles. The molecule has 1 atom stereocenters. The minimum Gasteiger partial charge on any atom is -0.493 e. The lowest BCUT2D eigenvalue weighted by Gasteiger charge is -2.25. The summed E-state index contributed by atoms with van der Waals surface area (Å²) in [7, 11) is 0. The summed E-state index contributed by atoms with van der Waals surface area (Å²) in [4.78, 5) is 0. The molecule has 0 aliphatic carbocycles. The lowest BCUT2D eigenvalue weighted by atomic mass is 9.96. The number of nitrogens with one attached hydrogen (secondary N) is 1. The van der Waals surface area contributed by atoms with Crippen molar-refractivity contribution in [2.45, 2.75) is 32.7 Å². The third kappa shape index (κ3) is 2.50. The Morgan fingerprint density at radius 2 is 2.25 bits per heavy atom. The van der Waals surface area contributed by atoms with Crippen LogP contribution in [0.5, 0.6) is 5.75 Å². The van der Waals surface area contributed by atoms with Crippen molar-refractivity contribution >= 4 is 12.2 Å². The average Bonchev–Trinajstić information content (AvgIpc) is 2.79. The van der Waals surface area contributed by atoms with Crippen LogP contribution in [0.2, 0.25) is 0 Å². The molecule has 2 aromatic rings. The number of hydrogen-bond donors (Lipinski definition) is 1. The zero-order chi connectivity index (χ0) is 14.1. The second kappa shape index (κ2) is 5.40. The summed E-state index contributed by atoms with van der Waals surface area (Å²) in [5.41, 5.74) is 1.24. The van der Waals surface area contributed by atoms with Crippen molar-refractivity contribution in [3.8, 4) is 5.75 Å². The number of aromatic amines is 1. The fourth-order valence-corrected chi connectivity index (χ4v) is 2.89. The zero-order valence-electron chi connectivity index (χ0n) is 11.8. The molecule has 1 N–H and O–H groups in total. The van der Waals surface area contributed by atoms with Crippen molar-refractivity contribution in [2.75, 3.05) is 6.61 Å². The normalized spacial score (nSPS) is 17.9. The van der Waals surface area contributed by atoms with E-state index >= 15 is 0 Å². The second-order valence-corrected chi connectivity index (χ2v) is 6.10. The van der Waals surface area contributed by atoms with Crippen LogP contribution >= 0.6 is 12.2 Å². The molecule has 0 spiro atoms. The molecule has 1 aliphatic rings. The minimum atomic E-state index is 0.261. The van der Waals surface area contributed by atoms with Gasteiger partial charge in [-0.05, 0) is 36.2 Å². The van der Waals surface area contributed by atoms with Gasteiger partial charge in [0.15, 0.2) is 4.77 Å². The number of aromatic nitrogens is 3. The Bertz CT molecular complexity index is 659. The lowest BCUT2D eigenvalue weighted by Crippen LogP contribution is -2.23. The van der Waals surface area contributed by atoms with E-state index in [9.17, 15) is 0 Å². The topological polar surface area (TPSA) is 42.8 Å². The summed E-state index contributed by atoms with van der Waals surface area (Å²) < 4.78 is 8.67. The maximum atomic E-state index is 5.86. The molecule has 106 valence electrons. The van der Waals surface area contributed by atoms with Gasteiger partial charge in [-0.25, -0.2) is 0 Å². The summed E-state index contributed by atoms with van der Waals surface area (Å²) in [5.74, 6) is 2.80. The Kier molecular flexibility index (Phi) is 3.61. The van der Waals surface area contributed by atoms with Gasteiger partial charge in [0.2, 0.25) is 0 Å². The largest absolute Gasteiger partial charge is 0.493 e. The van der Waals surface area contributed by atoms with Crippen LogP contribution in [0.4, 0.5) is 0 Å². The first-order chi connectivity index (χ1) is 9.65. The number of H-pyrrole nitrogens is 1. The summed E-state index contributed by atoms with van der Waals surface area (Å²) >= 11 is 5.34. The molecule has 1 aromatic heterocycles. The summed E-state index contributed by atoms with van der Waals surface area (Å²) in [6, 6.07) is 8.20. The van der Waals surface area contributed by atoms with Crippen LogP contribution in [-0.4, -0.2) is 21.4 Å². The Labute approximate surface area is 123 Å². The fourth-order valence-electron chi connectivity index (χ4n) is 2.68. The van der Waals surface area contributed by atoms with Crippen LogP contribution in [0.15, 0.2) is 24.3 Å². The van der Waals surface area contributed by atoms with Crippen LogP contribution in [0.1, 0.15) is 31.2 Å². The first-order valence-corrected chi connectivity index (χ1v) is 7.41. The van der Waals surface area contributed by atoms with Gasteiger partial charge in [-0.3, -0.25) is 5.10 Å². The number of fused-ring (bicyclic) bond motifs is 1. The van der Waals surface area contributed by atoms with Crippen LogP contribution in [0.3, 0.4) is 0 Å². The van der Waals surface area contributed by atoms with Crippen molar-refractivity contribution in [1.29, 1.82) is 0 Å². The number of benzene rings is 1. The molecule has 0 bridgehead atoms. The number of para-hydroxylation sites is 1. The third-order valence-corrected chi connectivity index (χ3v) is 3.89. The molecule has 3 rings (SSSR count). The van der Waals surface area contributed by atoms with Crippen molar-refractivity contribution < 1.29 is 4.74 Å². The van der Waals surface area contributed by atoms with E-state index in [1.807, 2.05) is 12.1 Å². The molecule has 1 unspecified atom stereocenters. The Hall–Kier alpha value is -1.62. The molecule has 20 heavy (non-hydrogen) atoms. The van der Waals surface area contributed by atoms with Gasteiger partial charge in [0.05, 0.1) is 12.5 Å². The van der Waals surface area contributed by atoms with E-state index in [2.05, 4.69) is 40.7 Å². The van der Waals surface area contributed by atoms with Gasteiger partial charge in [0.1, 0.15) is 11.6 Å². The maximum Gasteiger partial charge on any atom is 0.195 e. The van der Waals surface area contributed by atoms with Gasteiger partial charge in [0, 0.05) is 6.54 Å². The van der Waals surface area contributed by atoms with Crippen LogP contribution in [0.25, 0.3) is 0 Å². The van der Waals surface area contributed by atoms with Gasteiger partial charge in [-0.2, -0.15) is 5.10 Å². The smallest absolute Gasteiger partial charge is 0.195 e. The molecular formula is C15H19N3OS. The van der Waals surface area contributed by atoms with Crippen LogP contribution in [-0.2, 0) is 13.0 Å². The quantitative estimate of drug-likeness (QED) is 0.882. The van der Waals surface area contributed by atoms with Gasteiger partial charge in [0.25, 0.3) is 0 Å². The van der Waals surface area contributed by atoms with Crippen LogP contribution in [0, 0.1) is 10.7 Å². The minimum absolute atomic E-state index is 0.261. The number of ether oxygens (including phenoxy) is 1. The molecule has 2 heterocycles. The molecule has 5 heteroatoms. The van der Waals surface area contributed by atoms with Gasteiger partial charge < -0.3 is 9.30 Å². The van der Waals surface area contributed by atoms with Crippen molar-refractivity contribution in [3.63, 3.8) is 0 Å². The number of hydrogen-bond acceptors (Lipinski definition) is 3. The summed E-state index contributed by atoms with van der Waals surface area (Å²) in [6.07, 6.45) is 0.952. The van der Waals surface area contributed by atoms with E-state index in [4.69, 9.17) is 17.0 Å². The lowest BCUT2D eigenvalue weighted by molar-refractivity contribution is 0.253. The van der Waals surface area contributed by atoms with E-state index < -0.39 is 0 Å². The van der Waals surface area contributed by atoms with E-state index in [1.54, 1.807) is 0 Å². The van der Waals surface area contributed by atoms with Crippen molar-refractivity contribution in [1.82, 2.24) is 14.8 Å². The first kappa shape index (κ1) is 13.4. The second-order valence-electron chi connectivity index (χ2n) is 5.71. The molecule has 0 amide bonds. The average molecular weight is 289 g/mol. The third-order valence-electron chi connectivity index (χ3n) is 3.58. The van der Waals surface area contributed by atoms with Gasteiger partial charge in [-0.15, -0.1) is 0 Å². The van der Waals surface area contributed by atoms with E-state index in [1.165, 1.54) is 5.56 Å². The van der Waals surface area contributed by atoms with Gasteiger partial charge in [-0.1, -0.05) is 32.0 Å². The highest BCUT2D eigenvalue weighted by molar-refractivity contribution is 7.71.